The van der Waals surface area contributed by atoms with Crippen LogP contribution in [0, 0.1) is 6.92 Å². The molecule has 1 heterocycles. The first kappa shape index (κ1) is 16.8. The van der Waals surface area contributed by atoms with Gasteiger partial charge >= 0.3 is 0 Å². The topological polar surface area (TPSA) is 60.3 Å². The number of hydrogen-bond donors (Lipinski definition) is 1. The number of fused-ring (bicyclic) bond motifs is 1. The molecule has 1 amide bonds. The van der Waals surface area contributed by atoms with Crippen molar-refractivity contribution in [2.24, 2.45) is 7.05 Å². The van der Waals surface area contributed by atoms with E-state index in [1.807, 2.05) is 49.7 Å². The molecule has 0 radical (unpaired) electrons. The Hall–Kier alpha value is -3.08. The molecular weight excluding hydrogens is 316 g/mol. The molecule has 5 nitrogen and oxygen atoms in total. The Labute approximate surface area is 146 Å². The number of Topliss-reactive ketones (excluding diaryl/α,β-unsaturated/α-hetero) is 1. The first-order valence-electron chi connectivity index (χ1n) is 8.15. The molecule has 1 aromatic heterocycles. The molecule has 0 aliphatic heterocycles. The first-order valence-corrected chi connectivity index (χ1v) is 8.15. The van der Waals surface area contributed by atoms with Crippen LogP contribution in [-0.2, 0) is 11.8 Å². The predicted molar refractivity (Wildman–Crippen MR) is 98.2 cm³/mol. The van der Waals surface area contributed by atoms with Crippen LogP contribution in [-0.4, -0.2) is 22.9 Å². The van der Waals surface area contributed by atoms with Crippen molar-refractivity contribution in [2.45, 2.75) is 13.8 Å². The van der Waals surface area contributed by atoms with Gasteiger partial charge in [0.1, 0.15) is 5.75 Å². The van der Waals surface area contributed by atoms with E-state index >= 15 is 0 Å². The van der Waals surface area contributed by atoms with Crippen LogP contribution in [0.15, 0.2) is 48.5 Å². The highest BCUT2D eigenvalue weighted by molar-refractivity contribution is 6.48. The minimum atomic E-state index is -0.649. The van der Waals surface area contributed by atoms with Gasteiger partial charge in [-0.2, -0.15) is 0 Å². The number of hydrogen-bond acceptors (Lipinski definition) is 3. The van der Waals surface area contributed by atoms with Gasteiger partial charge in [-0.1, -0.05) is 18.2 Å². The number of aryl methyl sites for hydroxylation is 1. The third-order valence-corrected chi connectivity index (χ3v) is 4.26. The molecule has 0 aliphatic rings. The van der Waals surface area contributed by atoms with Gasteiger partial charge in [-0.3, -0.25) is 9.59 Å². The smallest absolute Gasteiger partial charge is 0.296 e. The second kappa shape index (κ2) is 6.81. The zero-order valence-electron chi connectivity index (χ0n) is 14.5. The van der Waals surface area contributed by atoms with E-state index in [9.17, 15) is 9.59 Å². The Morgan fingerprint density at radius 3 is 2.44 bits per heavy atom. The molecular formula is C20H20N2O3. The fraction of sp³-hybridized carbons (Fsp3) is 0.200. The van der Waals surface area contributed by atoms with Gasteiger partial charge < -0.3 is 14.6 Å². The molecule has 3 aromatic rings. The van der Waals surface area contributed by atoms with Gasteiger partial charge in [0.25, 0.3) is 11.7 Å². The Balaban J connectivity index is 1.86. The molecule has 3 rings (SSSR count). The van der Waals surface area contributed by atoms with Crippen molar-refractivity contribution in [3.63, 3.8) is 0 Å². The van der Waals surface area contributed by atoms with Crippen molar-refractivity contribution in [1.29, 1.82) is 0 Å². The van der Waals surface area contributed by atoms with Crippen LogP contribution >= 0.6 is 0 Å². The first-order chi connectivity index (χ1) is 12.0. The summed E-state index contributed by atoms with van der Waals surface area (Å²) in [4.78, 5) is 25.1. The van der Waals surface area contributed by atoms with Gasteiger partial charge in [0.15, 0.2) is 0 Å². The van der Waals surface area contributed by atoms with Crippen LogP contribution in [0.3, 0.4) is 0 Å². The maximum absolute atomic E-state index is 12.7. The zero-order chi connectivity index (χ0) is 18.0. The highest BCUT2D eigenvalue weighted by atomic mass is 16.5. The van der Waals surface area contributed by atoms with Crippen molar-refractivity contribution in [1.82, 2.24) is 4.57 Å². The van der Waals surface area contributed by atoms with Crippen molar-refractivity contribution in [3.8, 4) is 5.75 Å². The summed E-state index contributed by atoms with van der Waals surface area (Å²) in [5.41, 5.74) is 2.70. The van der Waals surface area contributed by atoms with Crippen molar-refractivity contribution < 1.29 is 14.3 Å². The summed E-state index contributed by atoms with van der Waals surface area (Å²) in [6.45, 7) is 4.32. The lowest BCUT2D eigenvalue weighted by molar-refractivity contribution is -0.112. The van der Waals surface area contributed by atoms with E-state index < -0.39 is 11.7 Å². The van der Waals surface area contributed by atoms with Crippen molar-refractivity contribution in [3.05, 3.63) is 59.8 Å². The van der Waals surface area contributed by atoms with Crippen LogP contribution < -0.4 is 10.1 Å². The average molecular weight is 336 g/mol. The van der Waals surface area contributed by atoms with Crippen LogP contribution in [0.25, 0.3) is 10.9 Å². The number of ether oxygens (including phenoxy) is 1. The number of aromatic nitrogens is 1. The zero-order valence-corrected chi connectivity index (χ0v) is 14.5. The second-order valence-corrected chi connectivity index (χ2v) is 5.78. The van der Waals surface area contributed by atoms with Crippen molar-refractivity contribution in [2.75, 3.05) is 11.9 Å². The van der Waals surface area contributed by atoms with E-state index in [0.717, 1.165) is 22.3 Å². The third-order valence-electron chi connectivity index (χ3n) is 4.26. The summed E-state index contributed by atoms with van der Waals surface area (Å²) in [6.07, 6.45) is 0. The number of ketones is 1. The number of carbonyl (C=O) groups excluding carboxylic acids is 2. The number of nitrogens with zero attached hydrogens (tertiary/aromatic N) is 1. The molecule has 128 valence electrons. The minimum Gasteiger partial charge on any atom is -0.494 e. The van der Waals surface area contributed by atoms with Gasteiger partial charge in [0.05, 0.1) is 12.2 Å². The van der Waals surface area contributed by atoms with E-state index in [1.54, 1.807) is 24.3 Å². The highest BCUT2D eigenvalue weighted by Gasteiger charge is 2.24. The van der Waals surface area contributed by atoms with Crippen LogP contribution in [0.1, 0.15) is 23.0 Å². The normalized spacial score (nSPS) is 10.7. The second-order valence-electron chi connectivity index (χ2n) is 5.78. The summed E-state index contributed by atoms with van der Waals surface area (Å²) in [5, 5.41) is 3.44. The molecule has 5 heteroatoms. The van der Waals surface area contributed by atoms with Gasteiger partial charge in [-0.15, -0.1) is 0 Å². The molecule has 25 heavy (non-hydrogen) atoms. The number of rotatable bonds is 5. The summed E-state index contributed by atoms with van der Waals surface area (Å²) < 4.78 is 7.29. The SMILES string of the molecule is CCOc1ccc(NC(=O)C(=O)c2c(C)n(C)c3ccccc23)cc1. The molecule has 0 spiro atoms. The number of benzene rings is 2. The molecule has 0 aliphatic carbocycles. The predicted octanol–water partition coefficient (Wildman–Crippen LogP) is 3.71. The number of para-hydroxylation sites is 1. The summed E-state index contributed by atoms with van der Waals surface area (Å²) >= 11 is 0. The monoisotopic (exact) mass is 336 g/mol. The Morgan fingerprint density at radius 1 is 1.08 bits per heavy atom. The van der Waals surface area contributed by atoms with Gasteiger partial charge in [-0.25, -0.2) is 0 Å². The lowest BCUT2D eigenvalue weighted by Crippen LogP contribution is -2.23. The molecule has 2 aromatic carbocycles. The molecule has 0 saturated carbocycles. The fourth-order valence-electron chi connectivity index (χ4n) is 2.91. The van der Waals surface area contributed by atoms with E-state index in [-0.39, 0.29) is 0 Å². The number of carbonyl (C=O) groups is 2. The van der Waals surface area contributed by atoms with Crippen molar-refractivity contribution >= 4 is 28.3 Å². The molecule has 0 bridgehead atoms. The lowest BCUT2D eigenvalue weighted by atomic mass is 10.1. The van der Waals surface area contributed by atoms with Crippen LogP contribution in [0.2, 0.25) is 0 Å². The van der Waals surface area contributed by atoms with Gasteiger partial charge in [-0.05, 0) is 44.2 Å². The van der Waals surface area contributed by atoms with Crippen LogP contribution in [0.5, 0.6) is 5.75 Å². The van der Waals surface area contributed by atoms with E-state index in [0.29, 0.717) is 17.9 Å². The van der Waals surface area contributed by atoms with Gasteiger partial charge in [0, 0.05) is 29.3 Å². The van der Waals surface area contributed by atoms with E-state index in [1.165, 1.54) is 0 Å². The average Bonchev–Trinajstić information content (AvgIpc) is 2.87. The molecule has 0 fully saturated rings. The number of amides is 1. The largest absolute Gasteiger partial charge is 0.494 e. The highest BCUT2D eigenvalue weighted by Crippen LogP contribution is 2.25. The molecule has 0 unspecified atom stereocenters. The summed E-state index contributed by atoms with van der Waals surface area (Å²) in [7, 11) is 1.89. The fourth-order valence-corrected chi connectivity index (χ4v) is 2.91. The van der Waals surface area contributed by atoms with Gasteiger partial charge in [0.2, 0.25) is 0 Å². The van der Waals surface area contributed by atoms with Crippen LogP contribution in [0.4, 0.5) is 5.69 Å². The minimum absolute atomic E-state index is 0.446. The molecule has 1 N–H and O–H groups in total. The standard InChI is InChI=1S/C20H20N2O3/c1-4-25-15-11-9-14(10-12-15)21-20(24)19(23)18-13(2)22(3)17-8-6-5-7-16(17)18/h5-12H,4H2,1-3H3,(H,21,24). The Morgan fingerprint density at radius 2 is 1.76 bits per heavy atom. The summed E-state index contributed by atoms with van der Waals surface area (Å²) in [6, 6.07) is 14.5. The Kier molecular flexibility index (Phi) is 4.57. The quantitative estimate of drug-likeness (QED) is 0.571. The maximum atomic E-state index is 12.7. The third kappa shape index (κ3) is 3.13. The summed E-state index contributed by atoms with van der Waals surface area (Å²) in [5.74, 6) is -0.469. The van der Waals surface area contributed by atoms with E-state index in [2.05, 4.69) is 5.32 Å². The molecule has 0 saturated heterocycles. The number of nitrogens with one attached hydrogen (secondary N) is 1. The Bertz CT molecular complexity index is 939. The maximum Gasteiger partial charge on any atom is 0.296 e. The van der Waals surface area contributed by atoms with E-state index in [4.69, 9.17) is 4.74 Å². The lowest BCUT2D eigenvalue weighted by Gasteiger charge is -2.07. The number of anilines is 1. The molecule has 0 atom stereocenters.